The minimum Gasteiger partial charge on any atom is -0.311 e. The summed E-state index contributed by atoms with van der Waals surface area (Å²) in [6.45, 7) is 1.98. The molecule has 0 saturated heterocycles. The van der Waals surface area contributed by atoms with E-state index in [4.69, 9.17) is 4.98 Å². The van der Waals surface area contributed by atoms with E-state index in [1.807, 2.05) is 67.6 Å². The molecule has 0 fully saturated rings. The van der Waals surface area contributed by atoms with E-state index in [1.54, 1.807) is 22.6 Å². The Morgan fingerprint density at radius 2 is 1.84 bits per heavy atom. The van der Waals surface area contributed by atoms with Crippen LogP contribution in [0.2, 0.25) is 0 Å². The fourth-order valence-corrected chi connectivity index (χ4v) is 4.83. The molecule has 0 spiro atoms. The molecule has 0 atom stereocenters. The Labute approximate surface area is 206 Å². The zero-order valence-electron chi connectivity index (χ0n) is 17.3. The fourth-order valence-electron chi connectivity index (χ4n) is 3.98. The van der Waals surface area contributed by atoms with Gasteiger partial charge in [-0.25, -0.2) is 4.98 Å². The average molecular weight is 598 g/mol. The first-order valence-corrected chi connectivity index (χ1v) is 11.8. The predicted octanol–water partition coefficient (Wildman–Crippen LogP) is 5.58. The van der Waals surface area contributed by atoms with Gasteiger partial charge in [-0.05, 0) is 89.7 Å². The monoisotopic (exact) mass is 597 g/mol. The summed E-state index contributed by atoms with van der Waals surface area (Å²) < 4.78 is 3.42. The molecule has 0 aliphatic carbocycles. The van der Waals surface area contributed by atoms with Crippen molar-refractivity contribution in [3.05, 3.63) is 96.0 Å². The van der Waals surface area contributed by atoms with Crippen LogP contribution in [0, 0.1) is 10.5 Å². The molecule has 0 bridgehead atoms. The molecule has 0 radical (unpaired) electrons. The van der Waals surface area contributed by atoms with Gasteiger partial charge >= 0.3 is 0 Å². The highest BCUT2D eigenvalue weighted by Crippen LogP contribution is 2.38. The standard InChI is InChI=1S/C25H17BrIN3O2/c1-14-4-3-5-17(10-14)30-23(28-21-8-7-16(27)12-20(21)25(30)32)13-19-18-11-15(26)6-9-22(18)29(2)24(19)31/h3-13H,1-2H3. The number of hydrogen-bond donors (Lipinski definition) is 0. The molecule has 5 rings (SSSR count). The van der Waals surface area contributed by atoms with Gasteiger partial charge < -0.3 is 4.90 Å². The molecule has 1 amide bonds. The Balaban J connectivity index is 1.84. The Hall–Kier alpha value is -2.78. The summed E-state index contributed by atoms with van der Waals surface area (Å²) in [5.74, 6) is 0.282. The molecule has 158 valence electrons. The van der Waals surface area contributed by atoms with Crippen molar-refractivity contribution >= 4 is 72.7 Å². The van der Waals surface area contributed by atoms with Gasteiger partial charge in [0.25, 0.3) is 11.5 Å². The molecule has 1 aromatic heterocycles. The van der Waals surface area contributed by atoms with Gasteiger partial charge in [0.15, 0.2) is 0 Å². The third-order valence-electron chi connectivity index (χ3n) is 5.53. The molecular formula is C25H17BrIN3O2. The Bertz CT molecular complexity index is 1520. The van der Waals surface area contributed by atoms with E-state index in [2.05, 4.69) is 38.5 Å². The SMILES string of the molecule is Cc1cccc(-n2c(C=C3C(=O)N(C)c4ccc(Br)cc43)nc3ccc(I)cc3c2=O)c1. The van der Waals surface area contributed by atoms with Crippen LogP contribution >= 0.6 is 38.5 Å². The number of aromatic nitrogens is 2. The number of anilines is 1. The molecule has 5 nitrogen and oxygen atoms in total. The summed E-state index contributed by atoms with van der Waals surface area (Å²) in [5, 5.41) is 0.540. The first kappa shape index (κ1) is 21.1. The smallest absolute Gasteiger partial charge is 0.266 e. The Morgan fingerprint density at radius 3 is 2.62 bits per heavy atom. The number of carbonyl (C=O) groups excluding carboxylic acids is 1. The summed E-state index contributed by atoms with van der Waals surface area (Å²) in [7, 11) is 1.75. The fraction of sp³-hybridized carbons (Fsp3) is 0.0800. The first-order chi connectivity index (χ1) is 15.3. The summed E-state index contributed by atoms with van der Waals surface area (Å²) in [6.07, 6.45) is 1.72. The van der Waals surface area contributed by atoms with Crippen molar-refractivity contribution in [2.75, 3.05) is 11.9 Å². The number of carbonyl (C=O) groups is 1. The second-order valence-electron chi connectivity index (χ2n) is 7.69. The van der Waals surface area contributed by atoms with Gasteiger partial charge in [-0.2, -0.15) is 0 Å². The Morgan fingerprint density at radius 1 is 1.03 bits per heavy atom. The predicted molar refractivity (Wildman–Crippen MR) is 140 cm³/mol. The summed E-state index contributed by atoms with van der Waals surface area (Å²) in [4.78, 5) is 33.1. The van der Waals surface area contributed by atoms with Crippen molar-refractivity contribution in [3.63, 3.8) is 0 Å². The van der Waals surface area contributed by atoms with Crippen LogP contribution in [0.1, 0.15) is 17.0 Å². The number of benzene rings is 3. The zero-order chi connectivity index (χ0) is 22.6. The topological polar surface area (TPSA) is 55.2 Å². The lowest BCUT2D eigenvalue weighted by Gasteiger charge is -2.13. The molecule has 7 heteroatoms. The maximum Gasteiger partial charge on any atom is 0.266 e. The lowest BCUT2D eigenvalue weighted by molar-refractivity contribution is -0.112. The molecule has 0 unspecified atom stereocenters. The summed E-state index contributed by atoms with van der Waals surface area (Å²) in [5.41, 5.74) is 4.30. The van der Waals surface area contributed by atoms with Gasteiger partial charge in [-0.3, -0.25) is 14.2 Å². The number of nitrogens with zero attached hydrogens (tertiary/aromatic N) is 3. The van der Waals surface area contributed by atoms with Crippen LogP contribution in [-0.4, -0.2) is 22.5 Å². The first-order valence-electron chi connectivity index (χ1n) is 9.92. The molecule has 32 heavy (non-hydrogen) atoms. The minimum atomic E-state index is -0.167. The van der Waals surface area contributed by atoms with Crippen molar-refractivity contribution in [2.24, 2.45) is 0 Å². The maximum atomic E-state index is 13.6. The van der Waals surface area contributed by atoms with Crippen LogP contribution in [0.4, 0.5) is 5.69 Å². The van der Waals surface area contributed by atoms with Crippen LogP contribution in [-0.2, 0) is 4.79 Å². The zero-order valence-corrected chi connectivity index (χ0v) is 21.0. The van der Waals surface area contributed by atoms with Crippen LogP contribution in [0.25, 0.3) is 28.2 Å². The molecule has 4 aromatic rings. The van der Waals surface area contributed by atoms with Crippen LogP contribution in [0.15, 0.2) is 69.9 Å². The normalized spacial score (nSPS) is 14.4. The van der Waals surface area contributed by atoms with Gasteiger partial charge in [0.2, 0.25) is 0 Å². The number of aryl methyl sites for hydroxylation is 1. The van der Waals surface area contributed by atoms with Crippen molar-refractivity contribution in [2.45, 2.75) is 6.92 Å². The van der Waals surface area contributed by atoms with Crippen molar-refractivity contribution in [3.8, 4) is 5.69 Å². The highest BCUT2D eigenvalue weighted by molar-refractivity contribution is 14.1. The molecule has 1 aliphatic rings. The van der Waals surface area contributed by atoms with Gasteiger partial charge in [0.05, 0.1) is 27.9 Å². The third kappa shape index (κ3) is 3.49. The number of hydrogen-bond acceptors (Lipinski definition) is 3. The van der Waals surface area contributed by atoms with E-state index in [0.717, 1.165) is 24.9 Å². The number of halogens is 2. The molecule has 0 saturated carbocycles. The van der Waals surface area contributed by atoms with Crippen LogP contribution in [0.5, 0.6) is 0 Å². The maximum absolute atomic E-state index is 13.6. The van der Waals surface area contributed by atoms with E-state index >= 15 is 0 Å². The number of amides is 1. The number of fused-ring (bicyclic) bond motifs is 2. The molecule has 0 N–H and O–H groups in total. The van der Waals surface area contributed by atoms with E-state index in [1.165, 1.54) is 0 Å². The van der Waals surface area contributed by atoms with E-state index in [9.17, 15) is 9.59 Å². The number of likely N-dealkylation sites (N-methyl/N-ethyl adjacent to an activating group) is 1. The summed E-state index contributed by atoms with van der Waals surface area (Å²) in [6, 6.07) is 19.0. The molecular weight excluding hydrogens is 581 g/mol. The second kappa shape index (κ2) is 7.97. The molecule has 3 aromatic carbocycles. The van der Waals surface area contributed by atoms with Gasteiger partial charge in [-0.15, -0.1) is 0 Å². The minimum absolute atomic E-state index is 0.133. The quantitative estimate of drug-likeness (QED) is 0.224. The van der Waals surface area contributed by atoms with Crippen molar-refractivity contribution in [1.82, 2.24) is 9.55 Å². The second-order valence-corrected chi connectivity index (χ2v) is 9.86. The van der Waals surface area contributed by atoms with E-state index in [0.29, 0.717) is 28.0 Å². The average Bonchev–Trinajstić information content (AvgIpc) is 2.98. The van der Waals surface area contributed by atoms with Crippen molar-refractivity contribution < 1.29 is 4.79 Å². The highest BCUT2D eigenvalue weighted by atomic mass is 127. The van der Waals surface area contributed by atoms with Gasteiger partial charge in [0, 0.05) is 20.7 Å². The highest BCUT2D eigenvalue weighted by Gasteiger charge is 2.30. The van der Waals surface area contributed by atoms with E-state index in [-0.39, 0.29) is 11.5 Å². The van der Waals surface area contributed by atoms with Crippen LogP contribution < -0.4 is 10.5 Å². The van der Waals surface area contributed by atoms with Crippen LogP contribution in [0.3, 0.4) is 0 Å². The summed E-state index contributed by atoms with van der Waals surface area (Å²) >= 11 is 5.69. The molecule has 2 heterocycles. The lowest BCUT2D eigenvalue weighted by Crippen LogP contribution is -2.23. The number of rotatable bonds is 2. The lowest BCUT2D eigenvalue weighted by atomic mass is 10.1. The van der Waals surface area contributed by atoms with Crippen molar-refractivity contribution in [1.29, 1.82) is 0 Å². The largest absolute Gasteiger partial charge is 0.311 e. The van der Waals surface area contributed by atoms with Gasteiger partial charge in [0.1, 0.15) is 5.82 Å². The molecule has 1 aliphatic heterocycles. The van der Waals surface area contributed by atoms with E-state index < -0.39 is 0 Å². The third-order valence-corrected chi connectivity index (χ3v) is 6.70. The Kier molecular flexibility index (Phi) is 5.25. The van der Waals surface area contributed by atoms with Gasteiger partial charge in [-0.1, -0.05) is 28.1 Å².